The summed E-state index contributed by atoms with van der Waals surface area (Å²) in [5.41, 5.74) is 4.52. The third-order valence-electron chi connectivity index (χ3n) is 3.37. The van der Waals surface area contributed by atoms with Crippen LogP contribution in [0.5, 0.6) is 0 Å². The van der Waals surface area contributed by atoms with Crippen LogP contribution in [0.4, 0.5) is 5.69 Å². The fourth-order valence-corrected chi connectivity index (χ4v) is 2.73. The Balaban J connectivity index is 1.46. The zero-order chi connectivity index (χ0) is 19.9. The van der Waals surface area contributed by atoms with Crippen molar-refractivity contribution in [2.24, 2.45) is 0 Å². The molecule has 0 radical (unpaired) electrons. The van der Waals surface area contributed by atoms with E-state index in [0.29, 0.717) is 17.5 Å². The van der Waals surface area contributed by atoms with E-state index in [-0.39, 0.29) is 17.0 Å². The van der Waals surface area contributed by atoms with Gasteiger partial charge in [0.05, 0.1) is 16.9 Å². The molecule has 2 N–H and O–H groups in total. The first kappa shape index (κ1) is 19.0. The maximum atomic E-state index is 11.9. The van der Waals surface area contributed by atoms with Crippen LogP contribution >= 0.6 is 11.8 Å². The van der Waals surface area contributed by atoms with Crippen LogP contribution in [-0.4, -0.2) is 42.7 Å². The molecule has 0 aliphatic rings. The van der Waals surface area contributed by atoms with Crippen molar-refractivity contribution in [3.8, 4) is 0 Å². The van der Waals surface area contributed by atoms with Gasteiger partial charge in [0.25, 0.3) is 11.6 Å². The van der Waals surface area contributed by atoms with Crippen molar-refractivity contribution in [1.82, 2.24) is 31.1 Å². The Hall–Kier alpha value is -3.74. The normalized spacial score (nSPS) is 10.4. The quantitative estimate of drug-likeness (QED) is 0.330. The van der Waals surface area contributed by atoms with Crippen LogP contribution in [0.15, 0.2) is 52.2 Å². The molecule has 0 aliphatic carbocycles. The number of benzene rings is 1. The fourth-order valence-electron chi connectivity index (χ4n) is 2.05. The number of hydrogen-bond donors (Lipinski definition) is 2. The standard InChI is InChI=1S/C15H13N7O5S/c23-13(16-17-14(24)10-3-5-11(6-4-10)22(25)26)9-28-15-18-19-20-21(15)8-12-2-1-7-27-12/h1-7H,8-9H2,(H,16,23)(H,17,24). The van der Waals surface area contributed by atoms with Crippen molar-refractivity contribution >= 4 is 29.3 Å². The Kier molecular flexibility index (Phi) is 5.96. The zero-order valence-electron chi connectivity index (χ0n) is 14.1. The van der Waals surface area contributed by atoms with Crippen molar-refractivity contribution in [3.05, 3.63) is 64.1 Å². The van der Waals surface area contributed by atoms with E-state index in [9.17, 15) is 19.7 Å². The molecule has 0 aliphatic heterocycles. The number of nitrogens with zero attached hydrogens (tertiary/aromatic N) is 5. The molecular formula is C15H13N7O5S. The van der Waals surface area contributed by atoms with Crippen molar-refractivity contribution in [3.63, 3.8) is 0 Å². The van der Waals surface area contributed by atoms with E-state index in [1.54, 1.807) is 12.1 Å². The van der Waals surface area contributed by atoms with Gasteiger partial charge in [-0.2, -0.15) is 0 Å². The van der Waals surface area contributed by atoms with Gasteiger partial charge in [-0.15, -0.1) is 5.10 Å². The second-order valence-electron chi connectivity index (χ2n) is 5.29. The van der Waals surface area contributed by atoms with Crippen molar-refractivity contribution in [2.45, 2.75) is 11.7 Å². The van der Waals surface area contributed by atoms with Gasteiger partial charge < -0.3 is 4.42 Å². The number of hydrazine groups is 1. The summed E-state index contributed by atoms with van der Waals surface area (Å²) in [4.78, 5) is 33.9. The molecule has 1 aromatic carbocycles. The number of carbonyl (C=O) groups excluding carboxylic acids is 2. The largest absolute Gasteiger partial charge is 0.467 e. The van der Waals surface area contributed by atoms with Gasteiger partial charge in [0.2, 0.25) is 11.1 Å². The Morgan fingerprint density at radius 1 is 1.21 bits per heavy atom. The molecule has 3 aromatic rings. The van der Waals surface area contributed by atoms with Gasteiger partial charge in [-0.25, -0.2) is 4.68 Å². The predicted molar refractivity (Wildman–Crippen MR) is 95.1 cm³/mol. The van der Waals surface area contributed by atoms with Gasteiger partial charge in [-0.1, -0.05) is 11.8 Å². The van der Waals surface area contributed by atoms with E-state index in [1.807, 2.05) is 0 Å². The summed E-state index contributed by atoms with van der Waals surface area (Å²) < 4.78 is 6.70. The molecule has 12 nitrogen and oxygen atoms in total. The minimum Gasteiger partial charge on any atom is -0.467 e. The minimum absolute atomic E-state index is 0.0426. The van der Waals surface area contributed by atoms with Crippen LogP contribution < -0.4 is 10.9 Å². The Labute approximate surface area is 161 Å². The number of thioether (sulfide) groups is 1. The van der Waals surface area contributed by atoms with Crippen LogP contribution in [0.2, 0.25) is 0 Å². The van der Waals surface area contributed by atoms with Gasteiger partial charge in [-0.05, 0) is 34.7 Å². The summed E-state index contributed by atoms with van der Waals surface area (Å²) in [6.45, 7) is 0.320. The zero-order valence-corrected chi connectivity index (χ0v) is 15.0. The molecule has 3 rings (SSSR count). The molecule has 0 saturated carbocycles. The number of nitrogens with one attached hydrogen (secondary N) is 2. The highest BCUT2D eigenvalue weighted by Crippen LogP contribution is 2.15. The second-order valence-corrected chi connectivity index (χ2v) is 6.24. The Morgan fingerprint density at radius 2 is 2.00 bits per heavy atom. The first-order valence-electron chi connectivity index (χ1n) is 7.78. The van der Waals surface area contributed by atoms with E-state index in [1.165, 1.54) is 35.2 Å². The van der Waals surface area contributed by atoms with Gasteiger partial charge >= 0.3 is 0 Å². The highest BCUT2D eigenvalue weighted by atomic mass is 32.2. The lowest BCUT2D eigenvalue weighted by Crippen LogP contribution is -2.42. The lowest BCUT2D eigenvalue weighted by molar-refractivity contribution is -0.384. The molecule has 144 valence electrons. The van der Waals surface area contributed by atoms with Crippen LogP contribution in [0.1, 0.15) is 16.1 Å². The van der Waals surface area contributed by atoms with Gasteiger partial charge in [0, 0.05) is 17.7 Å². The van der Waals surface area contributed by atoms with E-state index < -0.39 is 16.7 Å². The average Bonchev–Trinajstić information content (AvgIpc) is 3.37. The lowest BCUT2D eigenvalue weighted by Gasteiger charge is -2.07. The molecule has 28 heavy (non-hydrogen) atoms. The third-order valence-corrected chi connectivity index (χ3v) is 4.33. The number of rotatable bonds is 7. The molecule has 0 fully saturated rings. The monoisotopic (exact) mass is 403 g/mol. The molecule has 0 spiro atoms. The first-order valence-corrected chi connectivity index (χ1v) is 8.76. The highest BCUT2D eigenvalue weighted by Gasteiger charge is 2.13. The first-order chi connectivity index (χ1) is 13.5. The topological polar surface area (TPSA) is 158 Å². The lowest BCUT2D eigenvalue weighted by atomic mass is 10.2. The molecule has 0 saturated heterocycles. The summed E-state index contributed by atoms with van der Waals surface area (Å²) >= 11 is 1.08. The van der Waals surface area contributed by atoms with E-state index in [4.69, 9.17) is 4.42 Å². The molecule has 2 aromatic heterocycles. The van der Waals surface area contributed by atoms with Crippen molar-refractivity contribution in [2.75, 3.05) is 5.75 Å². The van der Waals surface area contributed by atoms with Crippen molar-refractivity contribution in [1.29, 1.82) is 0 Å². The molecule has 13 heteroatoms. The number of non-ortho nitro benzene ring substituents is 1. The molecule has 0 bridgehead atoms. The Bertz CT molecular complexity index is 971. The number of nitro benzene ring substituents is 1. The number of carbonyl (C=O) groups is 2. The maximum absolute atomic E-state index is 11.9. The number of aromatic nitrogens is 4. The summed E-state index contributed by atoms with van der Waals surface area (Å²) in [7, 11) is 0. The molecule has 0 atom stereocenters. The number of amides is 2. The van der Waals surface area contributed by atoms with Gasteiger partial charge in [0.15, 0.2) is 0 Å². The molecule has 2 heterocycles. The predicted octanol–water partition coefficient (Wildman–Crippen LogP) is 0.776. The smallest absolute Gasteiger partial charge is 0.269 e. The number of nitro groups is 1. The SMILES string of the molecule is O=C(CSc1nnnn1Cc1ccco1)NNC(=O)c1ccc([N+](=O)[O-])cc1. The fraction of sp³-hybridized carbons (Fsp3) is 0.133. The van der Waals surface area contributed by atoms with E-state index in [0.717, 1.165) is 11.8 Å². The van der Waals surface area contributed by atoms with Crippen LogP contribution in [-0.2, 0) is 11.3 Å². The van der Waals surface area contributed by atoms with Crippen LogP contribution in [0, 0.1) is 10.1 Å². The minimum atomic E-state index is -0.601. The molecule has 2 amide bonds. The van der Waals surface area contributed by atoms with Gasteiger partial charge in [0.1, 0.15) is 12.3 Å². The van der Waals surface area contributed by atoms with E-state index in [2.05, 4.69) is 26.4 Å². The third kappa shape index (κ3) is 4.91. The summed E-state index contributed by atoms with van der Waals surface area (Å²) in [5, 5.41) is 22.2. The molecular weight excluding hydrogens is 390 g/mol. The summed E-state index contributed by atoms with van der Waals surface area (Å²) in [6.07, 6.45) is 1.54. The summed E-state index contributed by atoms with van der Waals surface area (Å²) in [6, 6.07) is 8.50. The van der Waals surface area contributed by atoms with Crippen molar-refractivity contribution < 1.29 is 18.9 Å². The highest BCUT2D eigenvalue weighted by molar-refractivity contribution is 7.99. The number of furan rings is 1. The van der Waals surface area contributed by atoms with Crippen LogP contribution in [0.3, 0.4) is 0 Å². The Morgan fingerprint density at radius 3 is 2.68 bits per heavy atom. The number of tetrazole rings is 1. The maximum Gasteiger partial charge on any atom is 0.269 e. The van der Waals surface area contributed by atoms with Crippen LogP contribution in [0.25, 0.3) is 0 Å². The molecule has 0 unspecified atom stereocenters. The average molecular weight is 403 g/mol. The number of hydrogen-bond acceptors (Lipinski definition) is 9. The van der Waals surface area contributed by atoms with E-state index >= 15 is 0 Å². The van der Waals surface area contributed by atoms with Gasteiger partial charge in [-0.3, -0.25) is 30.6 Å². The second kappa shape index (κ2) is 8.77. The summed E-state index contributed by atoms with van der Waals surface area (Å²) in [5.74, 6) is -0.461.